The summed E-state index contributed by atoms with van der Waals surface area (Å²) in [6.45, 7) is 7.26. The summed E-state index contributed by atoms with van der Waals surface area (Å²) >= 11 is 0. The van der Waals surface area contributed by atoms with Gasteiger partial charge in [-0.25, -0.2) is 0 Å². The Kier molecular flexibility index (Phi) is 5.63. The second kappa shape index (κ2) is 6.76. The van der Waals surface area contributed by atoms with Crippen molar-refractivity contribution in [1.29, 1.82) is 0 Å². The van der Waals surface area contributed by atoms with Gasteiger partial charge in [0.1, 0.15) is 5.75 Å². The van der Waals surface area contributed by atoms with Crippen LogP contribution in [0.3, 0.4) is 0 Å². The first-order valence-corrected chi connectivity index (χ1v) is 6.40. The van der Waals surface area contributed by atoms with E-state index in [1.54, 1.807) is 14.2 Å². The maximum atomic E-state index is 5.56. The molecule has 1 aromatic carbocycles. The highest BCUT2D eigenvalue weighted by atomic mass is 16.5. The molecule has 1 atom stereocenters. The third-order valence-electron chi connectivity index (χ3n) is 3.26. The Labute approximate surface area is 110 Å². The highest BCUT2D eigenvalue weighted by Crippen LogP contribution is 2.32. The van der Waals surface area contributed by atoms with Gasteiger partial charge in [0.25, 0.3) is 0 Å². The van der Waals surface area contributed by atoms with Crippen LogP contribution in [0.1, 0.15) is 42.6 Å². The van der Waals surface area contributed by atoms with Gasteiger partial charge in [0.05, 0.1) is 13.2 Å². The first-order chi connectivity index (χ1) is 8.54. The summed E-state index contributed by atoms with van der Waals surface area (Å²) < 4.78 is 11.0. The van der Waals surface area contributed by atoms with Gasteiger partial charge in [0.15, 0.2) is 0 Å². The van der Waals surface area contributed by atoms with Crippen LogP contribution in [0.15, 0.2) is 12.1 Å². The third kappa shape index (κ3) is 3.24. The second-order valence-corrected chi connectivity index (χ2v) is 4.89. The van der Waals surface area contributed by atoms with Crippen molar-refractivity contribution in [2.75, 3.05) is 27.8 Å². The van der Waals surface area contributed by atoms with E-state index in [0.29, 0.717) is 5.92 Å². The predicted octanol–water partition coefficient (Wildman–Crippen LogP) is 3.03. The van der Waals surface area contributed by atoms with Crippen LogP contribution in [0.25, 0.3) is 0 Å². The lowest BCUT2D eigenvalue weighted by atomic mass is 9.94. The van der Waals surface area contributed by atoms with Gasteiger partial charge in [-0.1, -0.05) is 13.8 Å². The number of benzene rings is 1. The minimum absolute atomic E-state index is 0.0819. The zero-order chi connectivity index (χ0) is 13.7. The normalized spacial score (nSPS) is 12.8. The van der Waals surface area contributed by atoms with Crippen molar-refractivity contribution in [1.82, 2.24) is 5.32 Å². The van der Waals surface area contributed by atoms with Crippen molar-refractivity contribution in [3.05, 3.63) is 28.8 Å². The Hall–Kier alpha value is -1.06. The topological polar surface area (TPSA) is 30.5 Å². The minimum Gasteiger partial charge on any atom is -0.496 e. The number of nitrogens with one attached hydrogen (secondary N) is 1. The maximum Gasteiger partial charge on any atom is 0.122 e. The number of hydrogen-bond acceptors (Lipinski definition) is 3. The van der Waals surface area contributed by atoms with Crippen LogP contribution in [0.5, 0.6) is 5.75 Å². The van der Waals surface area contributed by atoms with Crippen LogP contribution in [0.4, 0.5) is 0 Å². The molecule has 3 nitrogen and oxygen atoms in total. The smallest absolute Gasteiger partial charge is 0.122 e. The van der Waals surface area contributed by atoms with Crippen LogP contribution in [-0.4, -0.2) is 27.8 Å². The van der Waals surface area contributed by atoms with Crippen molar-refractivity contribution in [2.24, 2.45) is 0 Å². The van der Waals surface area contributed by atoms with Gasteiger partial charge in [-0.2, -0.15) is 0 Å². The molecule has 0 saturated carbocycles. The zero-order valence-electron chi connectivity index (χ0n) is 12.3. The second-order valence-electron chi connectivity index (χ2n) is 4.89. The summed E-state index contributed by atoms with van der Waals surface area (Å²) in [5.74, 6) is 1.40. The molecule has 0 aliphatic rings. The number of likely N-dealkylation sites (N-methyl/N-ethyl adjacent to an activating group) is 1. The molecule has 3 heteroatoms. The van der Waals surface area contributed by atoms with E-state index in [1.165, 1.54) is 16.7 Å². The number of aryl methyl sites for hydroxylation is 1. The van der Waals surface area contributed by atoms with Crippen molar-refractivity contribution in [3.63, 3.8) is 0 Å². The average molecular weight is 251 g/mol. The van der Waals surface area contributed by atoms with E-state index in [1.807, 2.05) is 7.05 Å². The molecular weight excluding hydrogens is 226 g/mol. The van der Waals surface area contributed by atoms with Crippen LogP contribution in [-0.2, 0) is 4.74 Å². The molecule has 0 spiro atoms. The molecule has 0 bridgehead atoms. The molecule has 0 heterocycles. The molecule has 0 aliphatic carbocycles. The van der Waals surface area contributed by atoms with Crippen LogP contribution in [0.2, 0.25) is 0 Å². The summed E-state index contributed by atoms with van der Waals surface area (Å²) in [5.41, 5.74) is 3.67. The van der Waals surface area contributed by atoms with E-state index >= 15 is 0 Å². The Balaban J connectivity index is 3.23. The van der Waals surface area contributed by atoms with Crippen molar-refractivity contribution >= 4 is 0 Å². The lowest BCUT2D eigenvalue weighted by molar-refractivity contribution is 0.103. The number of hydrogen-bond donors (Lipinski definition) is 1. The highest BCUT2D eigenvalue weighted by Gasteiger charge is 2.17. The summed E-state index contributed by atoms with van der Waals surface area (Å²) in [6.07, 6.45) is 0.0819. The summed E-state index contributed by atoms with van der Waals surface area (Å²) in [7, 11) is 5.41. The molecule has 0 aliphatic heterocycles. The van der Waals surface area contributed by atoms with Crippen LogP contribution >= 0.6 is 0 Å². The number of ether oxygens (including phenoxy) is 2. The number of methoxy groups -OCH3 is 2. The molecule has 0 aromatic heterocycles. The fourth-order valence-electron chi connectivity index (χ4n) is 2.20. The average Bonchev–Trinajstić information content (AvgIpc) is 2.35. The predicted molar refractivity (Wildman–Crippen MR) is 75.5 cm³/mol. The Morgan fingerprint density at radius 3 is 2.28 bits per heavy atom. The molecule has 1 N–H and O–H groups in total. The maximum absolute atomic E-state index is 5.56. The molecule has 0 radical (unpaired) electrons. The van der Waals surface area contributed by atoms with Gasteiger partial charge in [0, 0.05) is 13.7 Å². The molecule has 102 valence electrons. The van der Waals surface area contributed by atoms with E-state index in [9.17, 15) is 0 Å². The SMILES string of the molecule is CNCC(OC)c1cc(C(C)C)c(OC)cc1C. The molecule has 18 heavy (non-hydrogen) atoms. The molecular formula is C15H25NO2. The molecule has 0 saturated heterocycles. The zero-order valence-corrected chi connectivity index (χ0v) is 12.3. The van der Waals surface area contributed by atoms with Gasteiger partial charge >= 0.3 is 0 Å². The minimum atomic E-state index is 0.0819. The summed E-state index contributed by atoms with van der Waals surface area (Å²) in [6, 6.07) is 4.32. The fraction of sp³-hybridized carbons (Fsp3) is 0.600. The summed E-state index contributed by atoms with van der Waals surface area (Å²) in [5, 5.41) is 3.17. The standard InChI is InChI=1S/C15H25NO2/c1-10(2)12-8-13(15(18-6)9-16-4)11(3)7-14(12)17-5/h7-8,10,15-16H,9H2,1-6H3. The van der Waals surface area contributed by atoms with E-state index in [-0.39, 0.29) is 6.10 Å². The van der Waals surface area contributed by atoms with Crippen molar-refractivity contribution in [2.45, 2.75) is 32.8 Å². The third-order valence-corrected chi connectivity index (χ3v) is 3.26. The molecule has 1 unspecified atom stereocenters. The lowest BCUT2D eigenvalue weighted by Gasteiger charge is -2.21. The van der Waals surface area contributed by atoms with Crippen molar-refractivity contribution < 1.29 is 9.47 Å². The Morgan fingerprint density at radius 1 is 1.17 bits per heavy atom. The monoisotopic (exact) mass is 251 g/mol. The fourth-order valence-corrected chi connectivity index (χ4v) is 2.20. The Bertz CT molecular complexity index is 388. The summed E-state index contributed by atoms with van der Waals surface area (Å²) in [4.78, 5) is 0. The quantitative estimate of drug-likeness (QED) is 0.843. The molecule has 1 aromatic rings. The van der Waals surface area contributed by atoms with E-state index in [4.69, 9.17) is 9.47 Å². The molecule has 0 fully saturated rings. The van der Waals surface area contributed by atoms with E-state index in [2.05, 4.69) is 38.2 Å². The molecule has 1 rings (SSSR count). The lowest BCUT2D eigenvalue weighted by Crippen LogP contribution is -2.19. The first kappa shape index (κ1) is 15.0. The van der Waals surface area contributed by atoms with Gasteiger partial charge in [-0.15, -0.1) is 0 Å². The van der Waals surface area contributed by atoms with Gasteiger partial charge in [-0.05, 0) is 48.7 Å². The van der Waals surface area contributed by atoms with Crippen molar-refractivity contribution in [3.8, 4) is 5.75 Å². The number of rotatable bonds is 6. The van der Waals surface area contributed by atoms with E-state index in [0.717, 1.165) is 12.3 Å². The molecule has 0 amide bonds. The van der Waals surface area contributed by atoms with Crippen LogP contribution in [0, 0.1) is 6.92 Å². The largest absolute Gasteiger partial charge is 0.496 e. The van der Waals surface area contributed by atoms with Gasteiger partial charge in [-0.3, -0.25) is 0 Å². The Morgan fingerprint density at radius 2 is 1.83 bits per heavy atom. The van der Waals surface area contributed by atoms with E-state index < -0.39 is 0 Å². The first-order valence-electron chi connectivity index (χ1n) is 6.40. The highest BCUT2D eigenvalue weighted by molar-refractivity contribution is 5.44. The van der Waals surface area contributed by atoms with Gasteiger partial charge < -0.3 is 14.8 Å². The van der Waals surface area contributed by atoms with Crippen LogP contribution < -0.4 is 10.1 Å². The van der Waals surface area contributed by atoms with Gasteiger partial charge in [0.2, 0.25) is 0 Å².